The minimum atomic E-state index is -0.973. The summed E-state index contributed by atoms with van der Waals surface area (Å²) in [5.41, 5.74) is 2.99. The van der Waals surface area contributed by atoms with Gasteiger partial charge in [-0.15, -0.1) is 0 Å². The number of nitrogens with one attached hydrogen (secondary N) is 2. The monoisotopic (exact) mass is 337 g/mol. The van der Waals surface area contributed by atoms with Crippen molar-refractivity contribution in [1.29, 1.82) is 0 Å². The molecule has 1 aliphatic rings. The Morgan fingerprint density at radius 1 is 1.16 bits per heavy atom. The minimum Gasteiger partial charge on any atom is -0.480 e. The largest absolute Gasteiger partial charge is 0.480 e. The number of carboxylic acid groups (broad SMARTS) is 1. The van der Waals surface area contributed by atoms with Crippen LogP contribution in [0.2, 0.25) is 0 Å². The molecule has 0 saturated carbocycles. The van der Waals surface area contributed by atoms with Gasteiger partial charge in [-0.25, -0.2) is 0 Å². The van der Waals surface area contributed by atoms with E-state index in [0.29, 0.717) is 12.0 Å². The molecule has 7 heteroatoms. The molecule has 25 heavy (non-hydrogen) atoms. The molecule has 0 fully saturated rings. The van der Waals surface area contributed by atoms with Crippen LogP contribution in [-0.2, 0) is 11.2 Å². The standard InChI is InChI=1S/C18H15N3O4/c22-18(23)14-9-12-10-5-1-3-7-13(10)19-17(12)16(20-14)11-6-2-4-8-15(11)21(24)25/h1-8,14,16,19-20H,9H2,(H,22,23). The number of aliphatic carboxylic acids is 1. The number of nitrogens with zero attached hydrogens (tertiary/aromatic N) is 1. The molecule has 7 nitrogen and oxygen atoms in total. The van der Waals surface area contributed by atoms with Crippen LogP contribution < -0.4 is 5.32 Å². The molecule has 0 spiro atoms. The van der Waals surface area contributed by atoms with Crippen LogP contribution in [0.1, 0.15) is 22.9 Å². The maximum atomic E-state index is 11.6. The lowest BCUT2D eigenvalue weighted by molar-refractivity contribution is -0.385. The molecule has 1 aromatic heterocycles. The third-order valence-corrected chi connectivity index (χ3v) is 4.65. The summed E-state index contributed by atoms with van der Waals surface area (Å²) in [5.74, 6) is -0.973. The Balaban J connectivity index is 1.94. The van der Waals surface area contributed by atoms with Crippen molar-refractivity contribution in [2.45, 2.75) is 18.5 Å². The fraction of sp³-hybridized carbons (Fsp3) is 0.167. The Hall–Kier alpha value is -3.19. The van der Waals surface area contributed by atoms with Crippen LogP contribution in [-0.4, -0.2) is 27.0 Å². The Morgan fingerprint density at radius 2 is 1.88 bits per heavy atom. The van der Waals surface area contributed by atoms with Crippen molar-refractivity contribution in [1.82, 2.24) is 10.3 Å². The smallest absolute Gasteiger partial charge is 0.321 e. The molecule has 2 aromatic carbocycles. The average molecular weight is 337 g/mol. The number of hydrogen-bond acceptors (Lipinski definition) is 4. The Bertz CT molecular complexity index is 995. The van der Waals surface area contributed by atoms with E-state index in [9.17, 15) is 20.0 Å². The average Bonchev–Trinajstić information content (AvgIpc) is 2.99. The van der Waals surface area contributed by atoms with E-state index in [1.54, 1.807) is 18.2 Å². The van der Waals surface area contributed by atoms with Crippen LogP contribution in [0.15, 0.2) is 48.5 Å². The lowest BCUT2D eigenvalue weighted by Gasteiger charge is -2.29. The number of H-pyrrole nitrogens is 1. The van der Waals surface area contributed by atoms with Gasteiger partial charge in [0, 0.05) is 29.1 Å². The summed E-state index contributed by atoms with van der Waals surface area (Å²) < 4.78 is 0. The first-order valence-electron chi connectivity index (χ1n) is 7.88. The summed E-state index contributed by atoms with van der Waals surface area (Å²) >= 11 is 0. The second kappa shape index (κ2) is 5.71. The molecule has 2 atom stereocenters. The zero-order chi connectivity index (χ0) is 17.6. The lowest BCUT2D eigenvalue weighted by atomic mass is 9.89. The molecule has 2 heterocycles. The van der Waals surface area contributed by atoms with Gasteiger partial charge < -0.3 is 10.1 Å². The lowest BCUT2D eigenvalue weighted by Crippen LogP contribution is -2.45. The van der Waals surface area contributed by atoms with Crippen molar-refractivity contribution in [2.75, 3.05) is 0 Å². The molecule has 3 N–H and O–H groups in total. The predicted octanol–water partition coefficient (Wildman–Crippen LogP) is 2.76. The number of aromatic nitrogens is 1. The highest BCUT2D eigenvalue weighted by atomic mass is 16.6. The topological polar surface area (TPSA) is 108 Å². The van der Waals surface area contributed by atoms with Crippen molar-refractivity contribution >= 4 is 22.6 Å². The van der Waals surface area contributed by atoms with Gasteiger partial charge in [0.05, 0.1) is 16.5 Å². The quantitative estimate of drug-likeness (QED) is 0.503. The van der Waals surface area contributed by atoms with Gasteiger partial charge in [-0.05, 0) is 11.6 Å². The molecule has 0 aliphatic carbocycles. The van der Waals surface area contributed by atoms with Crippen LogP contribution in [0.5, 0.6) is 0 Å². The van der Waals surface area contributed by atoms with Crippen LogP contribution >= 0.6 is 0 Å². The maximum absolute atomic E-state index is 11.6. The second-order valence-electron chi connectivity index (χ2n) is 6.07. The first-order chi connectivity index (χ1) is 12.1. The molecular weight excluding hydrogens is 322 g/mol. The molecule has 126 valence electrons. The van der Waals surface area contributed by atoms with Crippen molar-refractivity contribution in [3.63, 3.8) is 0 Å². The normalized spacial score (nSPS) is 19.5. The maximum Gasteiger partial charge on any atom is 0.321 e. The summed E-state index contributed by atoms with van der Waals surface area (Å²) in [6, 6.07) is 12.7. The van der Waals surface area contributed by atoms with E-state index in [0.717, 1.165) is 22.2 Å². The highest BCUT2D eigenvalue weighted by Gasteiger charge is 2.36. The fourth-order valence-electron chi connectivity index (χ4n) is 3.54. The highest BCUT2D eigenvalue weighted by molar-refractivity contribution is 5.87. The molecule has 0 saturated heterocycles. The summed E-state index contributed by atoms with van der Waals surface area (Å²) in [4.78, 5) is 25.9. The van der Waals surface area contributed by atoms with Crippen LogP contribution in [0, 0.1) is 10.1 Å². The highest BCUT2D eigenvalue weighted by Crippen LogP contribution is 2.38. The van der Waals surface area contributed by atoms with E-state index in [2.05, 4.69) is 10.3 Å². The van der Waals surface area contributed by atoms with Gasteiger partial charge in [0.25, 0.3) is 5.69 Å². The molecule has 1 aliphatic heterocycles. The number of rotatable bonds is 3. The van der Waals surface area contributed by atoms with Crippen LogP contribution in [0.25, 0.3) is 10.9 Å². The first kappa shape index (κ1) is 15.3. The van der Waals surface area contributed by atoms with E-state index >= 15 is 0 Å². The zero-order valence-corrected chi connectivity index (χ0v) is 13.1. The first-order valence-corrected chi connectivity index (χ1v) is 7.88. The number of benzene rings is 2. The molecule has 0 amide bonds. The molecule has 2 unspecified atom stereocenters. The van der Waals surface area contributed by atoms with Gasteiger partial charge in [-0.3, -0.25) is 20.2 Å². The van der Waals surface area contributed by atoms with Crippen LogP contribution in [0.4, 0.5) is 5.69 Å². The predicted molar refractivity (Wildman–Crippen MR) is 91.5 cm³/mol. The third-order valence-electron chi connectivity index (χ3n) is 4.65. The summed E-state index contributed by atoms with van der Waals surface area (Å²) in [6.45, 7) is 0. The SMILES string of the molecule is O=C(O)C1Cc2c([nH]c3ccccc23)C(c2ccccc2[N+](=O)[O-])N1. The van der Waals surface area contributed by atoms with Gasteiger partial charge in [0.15, 0.2) is 0 Å². The number of hydrogen-bond donors (Lipinski definition) is 3. The van der Waals surface area contributed by atoms with Crippen molar-refractivity contribution < 1.29 is 14.8 Å². The van der Waals surface area contributed by atoms with Crippen molar-refractivity contribution in [2.24, 2.45) is 0 Å². The molecule has 0 bridgehead atoms. The van der Waals surface area contributed by atoms with E-state index in [1.807, 2.05) is 24.3 Å². The number of nitro groups is 1. The molecule has 3 aromatic rings. The number of nitro benzene ring substituents is 1. The van der Waals surface area contributed by atoms with E-state index in [4.69, 9.17) is 0 Å². The van der Waals surface area contributed by atoms with Crippen LogP contribution in [0.3, 0.4) is 0 Å². The van der Waals surface area contributed by atoms with Gasteiger partial charge in [0.2, 0.25) is 0 Å². The van der Waals surface area contributed by atoms with E-state index in [1.165, 1.54) is 6.07 Å². The number of fused-ring (bicyclic) bond motifs is 3. The Morgan fingerprint density at radius 3 is 2.64 bits per heavy atom. The van der Waals surface area contributed by atoms with Crippen molar-refractivity contribution in [3.05, 3.63) is 75.5 Å². The zero-order valence-electron chi connectivity index (χ0n) is 13.1. The Kier molecular flexibility index (Phi) is 3.51. The number of carbonyl (C=O) groups is 1. The minimum absolute atomic E-state index is 0.0318. The van der Waals surface area contributed by atoms with Gasteiger partial charge in [-0.1, -0.05) is 36.4 Å². The number of para-hydroxylation sites is 2. The summed E-state index contributed by atoms with van der Waals surface area (Å²) in [5, 5.41) is 24.9. The summed E-state index contributed by atoms with van der Waals surface area (Å²) in [7, 11) is 0. The number of carboxylic acids is 1. The Labute approximate surface area is 142 Å². The fourth-order valence-corrected chi connectivity index (χ4v) is 3.54. The van der Waals surface area contributed by atoms with Crippen molar-refractivity contribution in [3.8, 4) is 0 Å². The van der Waals surface area contributed by atoms with E-state index < -0.39 is 23.0 Å². The second-order valence-corrected chi connectivity index (χ2v) is 6.07. The third kappa shape index (κ3) is 2.45. The van der Waals surface area contributed by atoms with Gasteiger partial charge >= 0.3 is 5.97 Å². The molecular formula is C18H15N3O4. The van der Waals surface area contributed by atoms with E-state index in [-0.39, 0.29) is 5.69 Å². The van der Waals surface area contributed by atoms with Gasteiger partial charge in [0.1, 0.15) is 6.04 Å². The molecule has 0 radical (unpaired) electrons. The number of aromatic amines is 1. The molecule has 4 rings (SSSR count). The van der Waals surface area contributed by atoms with Gasteiger partial charge in [-0.2, -0.15) is 0 Å². The summed E-state index contributed by atoms with van der Waals surface area (Å²) in [6.07, 6.45) is 0.325.